The van der Waals surface area contributed by atoms with Gasteiger partial charge in [0, 0.05) is 18.5 Å². The number of hydrogen-bond donors (Lipinski definition) is 0. The van der Waals surface area contributed by atoms with Crippen LogP contribution in [0, 0.1) is 0 Å². The molecule has 0 heterocycles. The van der Waals surface area contributed by atoms with Crippen molar-refractivity contribution in [2.75, 3.05) is 12.4 Å². The number of rotatable bonds is 6. The zero-order chi connectivity index (χ0) is 13.5. The fraction of sp³-hybridized carbons (Fsp3) is 0.533. The average molecular weight is 268 g/mol. The first kappa shape index (κ1) is 15.0. The van der Waals surface area contributed by atoms with Crippen LogP contribution in [0.1, 0.15) is 38.7 Å². The lowest BCUT2D eigenvalue weighted by Gasteiger charge is -2.29. The van der Waals surface area contributed by atoms with Crippen LogP contribution in [0.3, 0.4) is 0 Å². The Kier molecular flexibility index (Phi) is 6.20. The molecule has 0 aromatic heterocycles. The van der Waals surface area contributed by atoms with E-state index in [1.54, 1.807) is 0 Å². The van der Waals surface area contributed by atoms with Crippen LogP contribution >= 0.6 is 11.6 Å². The zero-order valence-corrected chi connectivity index (χ0v) is 12.2. The fourth-order valence-corrected chi connectivity index (χ4v) is 2.11. The van der Waals surface area contributed by atoms with Gasteiger partial charge in [-0.3, -0.25) is 4.79 Å². The fourth-order valence-electron chi connectivity index (χ4n) is 1.99. The van der Waals surface area contributed by atoms with Crippen LogP contribution in [0.15, 0.2) is 30.3 Å². The molecule has 0 spiro atoms. The van der Waals surface area contributed by atoms with Gasteiger partial charge in [-0.05, 0) is 32.8 Å². The summed E-state index contributed by atoms with van der Waals surface area (Å²) in [6.07, 6.45) is 0.840. The van der Waals surface area contributed by atoms with Gasteiger partial charge in [0.2, 0.25) is 5.91 Å². The first-order valence-electron chi connectivity index (χ1n) is 6.49. The molecule has 0 fully saturated rings. The number of halogens is 1. The summed E-state index contributed by atoms with van der Waals surface area (Å²) in [6.45, 7) is 6.79. The number of nitrogens with zero attached hydrogens (tertiary/aromatic N) is 1. The van der Waals surface area contributed by atoms with Crippen molar-refractivity contribution >= 4 is 17.5 Å². The molecule has 0 aliphatic rings. The minimum absolute atomic E-state index is 0.0936. The highest BCUT2D eigenvalue weighted by atomic mass is 35.5. The van der Waals surface area contributed by atoms with Crippen molar-refractivity contribution in [3.63, 3.8) is 0 Å². The van der Waals surface area contributed by atoms with Gasteiger partial charge in [0.15, 0.2) is 0 Å². The summed E-state index contributed by atoms with van der Waals surface area (Å²) in [5, 5.41) is 0. The van der Waals surface area contributed by atoms with E-state index < -0.39 is 0 Å². The zero-order valence-electron chi connectivity index (χ0n) is 11.4. The van der Waals surface area contributed by atoms with E-state index in [1.165, 1.54) is 0 Å². The quantitative estimate of drug-likeness (QED) is 0.721. The Morgan fingerprint density at radius 1 is 1.22 bits per heavy atom. The Balaban J connectivity index is 2.76. The number of benzene rings is 1. The van der Waals surface area contributed by atoms with E-state index in [-0.39, 0.29) is 17.9 Å². The summed E-state index contributed by atoms with van der Waals surface area (Å²) in [5.41, 5.74) is 1.07. The molecule has 0 radical (unpaired) electrons. The maximum Gasteiger partial charge on any atom is 0.230 e. The molecule has 1 aromatic carbocycles. The average Bonchev–Trinajstić information content (AvgIpc) is 2.38. The second kappa shape index (κ2) is 7.42. The van der Waals surface area contributed by atoms with Crippen LogP contribution in [0.25, 0.3) is 0 Å². The second-order valence-corrected chi connectivity index (χ2v) is 5.18. The molecule has 0 aliphatic carbocycles. The Labute approximate surface area is 115 Å². The van der Waals surface area contributed by atoms with Gasteiger partial charge < -0.3 is 4.90 Å². The SMILES string of the molecule is CC(C(=O)N(CCCCl)C(C)C)c1ccccc1. The lowest BCUT2D eigenvalue weighted by atomic mass is 9.99. The van der Waals surface area contributed by atoms with Gasteiger partial charge >= 0.3 is 0 Å². The maximum absolute atomic E-state index is 12.5. The number of carbonyl (C=O) groups excluding carboxylic acids is 1. The predicted octanol–water partition coefficient (Wildman–Crippen LogP) is 3.66. The summed E-state index contributed by atoms with van der Waals surface area (Å²) in [4.78, 5) is 14.4. The summed E-state index contributed by atoms with van der Waals surface area (Å²) >= 11 is 5.71. The van der Waals surface area contributed by atoms with Crippen LogP contribution < -0.4 is 0 Å². The van der Waals surface area contributed by atoms with Gasteiger partial charge in [-0.15, -0.1) is 11.6 Å². The first-order chi connectivity index (χ1) is 8.57. The molecule has 18 heavy (non-hydrogen) atoms. The Morgan fingerprint density at radius 3 is 2.33 bits per heavy atom. The van der Waals surface area contributed by atoms with Gasteiger partial charge in [0.1, 0.15) is 0 Å². The van der Waals surface area contributed by atoms with Crippen molar-refractivity contribution in [3.8, 4) is 0 Å². The molecule has 3 heteroatoms. The Bertz CT molecular complexity index is 364. The molecule has 1 aromatic rings. The van der Waals surface area contributed by atoms with Crippen LogP contribution in [0.4, 0.5) is 0 Å². The summed E-state index contributed by atoms with van der Waals surface area (Å²) in [7, 11) is 0. The third-order valence-electron chi connectivity index (χ3n) is 3.11. The third-order valence-corrected chi connectivity index (χ3v) is 3.38. The van der Waals surface area contributed by atoms with E-state index in [1.807, 2.05) is 56.0 Å². The van der Waals surface area contributed by atoms with Crippen molar-refractivity contribution in [3.05, 3.63) is 35.9 Å². The van der Waals surface area contributed by atoms with E-state index in [0.29, 0.717) is 5.88 Å². The van der Waals surface area contributed by atoms with Gasteiger partial charge in [0.05, 0.1) is 5.92 Å². The monoisotopic (exact) mass is 267 g/mol. The van der Waals surface area contributed by atoms with Crippen molar-refractivity contribution in [2.24, 2.45) is 0 Å². The van der Waals surface area contributed by atoms with E-state index in [2.05, 4.69) is 0 Å². The molecule has 0 saturated carbocycles. The van der Waals surface area contributed by atoms with Crippen LogP contribution in [-0.2, 0) is 4.79 Å². The molecule has 1 unspecified atom stereocenters. The molecule has 1 amide bonds. The lowest BCUT2D eigenvalue weighted by Crippen LogP contribution is -2.40. The molecular weight excluding hydrogens is 246 g/mol. The number of alkyl halides is 1. The molecule has 1 rings (SSSR count). The largest absolute Gasteiger partial charge is 0.340 e. The molecule has 1 atom stereocenters. The highest BCUT2D eigenvalue weighted by molar-refractivity contribution is 6.17. The molecule has 0 bridgehead atoms. The van der Waals surface area contributed by atoms with Crippen molar-refractivity contribution < 1.29 is 4.79 Å². The van der Waals surface area contributed by atoms with Crippen LogP contribution in [0.5, 0.6) is 0 Å². The minimum Gasteiger partial charge on any atom is -0.340 e. The van der Waals surface area contributed by atoms with E-state index in [0.717, 1.165) is 18.5 Å². The summed E-state index contributed by atoms with van der Waals surface area (Å²) in [5.74, 6) is 0.682. The third kappa shape index (κ3) is 4.02. The summed E-state index contributed by atoms with van der Waals surface area (Å²) < 4.78 is 0. The standard InChI is InChI=1S/C15H22ClNO/c1-12(2)17(11-7-10-16)15(18)13(3)14-8-5-4-6-9-14/h4-6,8-9,12-13H,7,10-11H2,1-3H3. The minimum atomic E-state index is -0.0936. The smallest absolute Gasteiger partial charge is 0.230 e. The van der Waals surface area contributed by atoms with Gasteiger partial charge in [-0.25, -0.2) is 0 Å². The maximum atomic E-state index is 12.5. The van der Waals surface area contributed by atoms with Crippen molar-refractivity contribution in [1.29, 1.82) is 0 Å². The first-order valence-corrected chi connectivity index (χ1v) is 7.02. The van der Waals surface area contributed by atoms with Crippen molar-refractivity contribution in [2.45, 2.75) is 39.2 Å². The second-order valence-electron chi connectivity index (χ2n) is 4.80. The number of hydrogen-bond acceptors (Lipinski definition) is 1. The molecule has 0 N–H and O–H groups in total. The predicted molar refractivity (Wildman–Crippen MR) is 77.0 cm³/mol. The molecular formula is C15H22ClNO. The highest BCUT2D eigenvalue weighted by Crippen LogP contribution is 2.19. The number of amides is 1. The molecule has 0 aliphatic heterocycles. The van der Waals surface area contributed by atoms with Crippen LogP contribution in [-0.4, -0.2) is 29.3 Å². The molecule has 0 saturated heterocycles. The van der Waals surface area contributed by atoms with Crippen LogP contribution in [0.2, 0.25) is 0 Å². The topological polar surface area (TPSA) is 20.3 Å². The van der Waals surface area contributed by atoms with Crippen molar-refractivity contribution in [1.82, 2.24) is 4.90 Å². The molecule has 2 nitrogen and oxygen atoms in total. The molecule has 100 valence electrons. The van der Waals surface area contributed by atoms with E-state index in [4.69, 9.17) is 11.6 Å². The van der Waals surface area contributed by atoms with E-state index in [9.17, 15) is 4.79 Å². The Morgan fingerprint density at radius 2 is 1.83 bits per heavy atom. The van der Waals surface area contributed by atoms with Gasteiger partial charge in [0.25, 0.3) is 0 Å². The lowest BCUT2D eigenvalue weighted by molar-refractivity contribution is -0.134. The highest BCUT2D eigenvalue weighted by Gasteiger charge is 2.23. The van der Waals surface area contributed by atoms with Gasteiger partial charge in [-0.2, -0.15) is 0 Å². The normalized spacial score (nSPS) is 12.5. The number of carbonyl (C=O) groups is 1. The van der Waals surface area contributed by atoms with E-state index >= 15 is 0 Å². The Hall–Kier alpha value is -1.02. The van der Waals surface area contributed by atoms with Gasteiger partial charge in [-0.1, -0.05) is 30.3 Å². The summed E-state index contributed by atoms with van der Waals surface area (Å²) in [6, 6.07) is 10.1.